The van der Waals surface area contributed by atoms with E-state index in [0.717, 1.165) is 12.1 Å². The van der Waals surface area contributed by atoms with Gasteiger partial charge in [0.15, 0.2) is 5.96 Å². The van der Waals surface area contributed by atoms with Gasteiger partial charge in [-0.1, -0.05) is 36.4 Å². The van der Waals surface area contributed by atoms with Crippen LogP contribution in [0.15, 0.2) is 52.8 Å². The van der Waals surface area contributed by atoms with E-state index >= 15 is 0 Å². The van der Waals surface area contributed by atoms with Crippen LogP contribution in [0.3, 0.4) is 0 Å². The fourth-order valence-electron chi connectivity index (χ4n) is 2.27. The summed E-state index contributed by atoms with van der Waals surface area (Å²) in [5.74, 6) is 0.700. The second-order valence-corrected chi connectivity index (χ2v) is 6.73. The maximum atomic E-state index is 10.1. The van der Waals surface area contributed by atoms with Gasteiger partial charge in [0, 0.05) is 11.4 Å². The fraction of sp³-hybridized carbons (Fsp3) is 0.421. The molecule has 0 saturated heterocycles. The fourth-order valence-corrected chi connectivity index (χ4v) is 3.00. The van der Waals surface area contributed by atoms with E-state index in [2.05, 4.69) is 34.0 Å². The minimum atomic E-state index is -0.629. The topological polar surface area (TPSA) is 65.9 Å². The molecule has 0 aliphatic carbocycles. The Bertz CT molecular complexity index is 617. The van der Waals surface area contributed by atoms with E-state index in [9.17, 15) is 5.11 Å². The lowest BCUT2D eigenvalue weighted by Gasteiger charge is -2.17. The van der Waals surface area contributed by atoms with E-state index in [4.69, 9.17) is 4.74 Å². The van der Waals surface area contributed by atoms with Gasteiger partial charge in [-0.3, -0.25) is 4.99 Å². The van der Waals surface area contributed by atoms with Crippen LogP contribution in [0.4, 0.5) is 0 Å². The molecule has 0 bridgehead atoms. The first-order chi connectivity index (χ1) is 12.2. The monoisotopic (exact) mass is 361 g/mol. The number of guanidine groups is 1. The van der Waals surface area contributed by atoms with Crippen molar-refractivity contribution < 1.29 is 9.84 Å². The number of thiophene rings is 1. The lowest BCUT2D eigenvalue weighted by Crippen LogP contribution is -2.39. The minimum Gasteiger partial charge on any atom is -0.389 e. The summed E-state index contributed by atoms with van der Waals surface area (Å²) in [4.78, 5) is 5.71. The number of aliphatic hydroxyl groups excluding tert-OH is 1. The molecular formula is C19H27N3O2S. The van der Waals surface area contributed by atoms with E-state index < -0.39 is 6.10 Å². The summed E-state index contributed by atoms with van der Waals surface area (Å²) < 4.78 is 5.56. The van der Waals surface area contributed by atoms with Gasteiger partial charge in [-0.25, -0.2) is 0 Å². The largest absolute Gasteiger partial charge is 0.389 e. The first kappa shape index (κ1) is 19.4. The minimum absolute atomic E-state index is 0.171. The Morgan fingerprint density at radius 2 is 2.04 bits per heavy atom. The third-order valence-electron chi connectivity index (χ3n) is 3.55. The number of nitrogens with zero attached hydrogens (tertiary/aromatic N) is 1. The molecule has 2 rings (SSSR count). The molecule has 3 N–H and O–H groups in total. The molecule has 0 spiro atoms. The maximum absolute atomic E-state index is 10.1. The Kier molecular flexibility index (Phi) is 8.45. The van der Waals surface area contributed by atoms with Gasteiger partial charge in [-0.05, 0) is 30.9 Å². The van der Waals surface area contributed by atoms with Crippen LogP contribution in [0.2, 0.25) is 0 Å². The highest BCUT2D eigenvalue weighted by Gasteiger charge is 2.10. The number of benzene rings is 1. The van der Waals surface area contributed by atoms with E-state index in [-0.39, 0.29) is 12.6 Å². The Labute approximate surface area is 153 Å². The summed E-state index contributed by atoms with van der Waals surface area (Å²) >= 11 is 1.71. The molecule has 136 valence electrons. The summed E-state index contributed by atoms with van der Waals surface area (Å²) in [6, 6.07) is 14.2. The zero-order valence-electron chi connectivity index (χ0n) is 14.8. The van der Waals surface area contributed by atoms with Crippen molar-refractivity contribution in [3.63, 3.8) is 0 Å². The predicted octanol–water partition coefficient (Wildman–Crippen LogP) is 2.94. The van der Waals surface area contributed by atoms with Crippen molar-refractivity contribution in [1.82, 2.24) is 10.6 Å². The van der Waals surface area contributed by atoms with Crippen LogP contribution in [0.25, 0.3) is 0 Å². The van der Waals surface area contributed by atoms with E-state index in [1.807, 2.05) is 43.3 Å². The second-order valence-electron chi connectivity index (χ2n) is 5.76. The molecule has 0 amide bonds. The zero-order chi connectivity index (χ0) is 17.9. The molecule has 0 fully saturated rings. The Morgan fingerprint density at radius 3 is 2.72 bits per heavy atom. The highest BCUT2D eigenvalue weighted by Crippen LogP contribution is 2.17. The van der Waals surface area contributed by atoms with Crippen molar-refractivity contribution in [3.05, 3.63) is 58.3 Å². The zero-order valence-corrected chi connectivity index (χ0v) is 15.6. The highest BCUT2D eigenvalue weighted by molar-refractivity contribution is 7.10. The normalized spacial score (nSPS) is 14.1. The van der Waals surface area contributed by atoms with Gasteiger partial charge in [-0.15, -0.1) is 11.3 Å². The maximum Gasteiger partial charge on any atom is 0.191 e. The van der Waals surface area contributed by atoms with Crippen molar-refractivity contribution in [1.29, 1.82) is 0 Å². The molecule has 25 heavy (non-hydrogen) atoms. The van der Waals surface area contributed by atoms with Crippen molar-refractivity contribution in [2.24, 2.45) is 4.99 Å². The number of aliphatic imine (C=N–C) groups is 1. The molecular weight excluding hydrogens is 334 g/mol. The molecule has 0 aliphatic rings. The lowest BCUT2D eigenvalue weighted by molar-refractivity contribution is 0.0331. The van der Waals surface area contributed by atoms with Crippen molar-refractivity contribution in [3.8, 4) is 0 Å². The van der Waals surface area contributed by atoms with Gasteiger partial charge in [0.2, 0.25) is 0 Å². The number of aliphatic hydroxyl groups is 1. The average molecular weight is 362 g/mol. The number of ether oxygens (including phenoxy) is 1. The van der Waals surface area contributed by atoms with Crippen molar-refractivity contribution in [2.75, 3.05) is 19.7 Å². The summed E-state index contributed by atoms with van der Waals surface area (Å²) in [6.45, 7) is 5.93. The van der Waals surface area contributed by atoms with E-state index in [0.29, 0.717) is 19.1 Å². The summed E-state index contributed by atoms with van der Waals surface area (Å²) in [7, 11) is 0. The SMILES string of the molecule is CCNC(=NCC(O)COCc1ccccc1)NC(C)c1cccs1. The summed E-state index contributed by atoms with van der Waals surface area (Å²) in [6.07, 6.45) is -0.629. The molecule has 0 radical (unpaired) electrons. The van der Waals surface area contributed by atoms with E-state index in [1.54, 1.807) is 11.3 Å². The molecule has 2 atom stereocenters. The summed E-state index contributed by atoms with van der Waals surface area (Å²) in [5.41, 5.74) is 1.10. The predicted molar refractivity (Wildman–Crippen MR) is 104 cm³/mol. The van der Waals surface area contributed by atoms with Crippen molar-refractivity contribution >= 4 is 17.3 Å². The van der Waals surface area contributed by atoms with Gasteiger partial charge >= 0.3 is 0 Å². The molecule has 2 aromatic rings. The lowest BCUT2D eigenvalue weighted by atomic mass is 10.2. The Morgan fingerprint density at radius 1 is 1.24 bits per heavy atom. The molecule has 0 aliphatic heterocycles. The smallest absolute Gasteiger partial charge is 0.191 e. The van der Waals surface area contributed by atoms with Crippen LogP contribution in [-0.2, 0) is 11.3 Å². The van der Waals surface area contributed by atoms with Gasteiger partial charge in [0.1, 0.15) is 0 Å². The van der Waals surface area contributed by atoms with Crippen molar-refractivity contribution in [2.45, 2.75) is 32.6 Å². The van der Waals surface area contributed by atoms with Crippen LogP contribution >= 0.6 is 11.3 Å². The van der Waals surface area contributed by atoms with E-state index in [1.165, 1.54) is 4.88 Å². The van der Waals surface area contributed by atoms with Gasteiger partial charge < -0.3 is 20.5 Å². The number of rotatable bonds is 9. The van der Waals surface area contributed by atoms with Gasteiger partial charge in [-0.2, -0.15) is 0 Å². The molecule has 1 aromatic carbocycles. The molecule has 0 saturated carbocycles. The number of hydrogen-bond donors (Lipinski definition) is 3. The summed E-state index contributed by atoms with van der Waals surface area (Å²) in [5, 5.41) is 18.7. The Hall–Kier alpha value is -1.89. The second kappa shape index (κ2) is 10.9. The molecule has 6 heteroatoms. The van der Waals surface area contributed by atoms with Crippen LogP contribution in [0, 0.1) is 0 Å². The van der Waals surface area contributed by atoms with Crippen LogP contribution in [0.1, 0.15) is 30.3 Å². The third kappa shape index (κ3) is 7.25. The Balaban J connectivity index is 1.77. The third-order valence-corrected chi connectivity index (χ3v) is 4.60. The first-order valence-electron chi connectivity index (χ1n) is 8.57. The first-order valence-corrected chi connectivity index (χ1v) is 9.45. The van der Waals surface area contributed by atoms with Crippen LogP contribution in [-0.4, -0.2) is 36.9 Å². The van der Waals surface area contributed by atoms with Gasteiger partial charge in [0.05, 0.1) is 31.9 Å². The number of hydrogen-bond acceptors (Lipinski definition) is 4. The molecule has 1 aromatic heterocycles. The quantitative estimate of drug-likeness (QED) is 0.475. The van der Waals surface area contributed by atoms with Crippen LogP contribution in [0.5, 0.6) is 0 Å². The standard InChI is InChI=1S/C19H27N3O2S/c1-3-20-19(22-15(2)18-10-7-11-25-18)21-12-17(23)14-24-13-16-8-5-4-6-9-16/h4-11,15,17,23H,3,12-14H2,1-2H3,(H2,20,21,22). The van der Waals surface area contributed by atoms with Crippen LogP contribution < -0.4 is 10.6 Å². The highest BCUT2D eigenvalue weighted by atomic mass is 32.1. The average Bonchev–Trinajstić information content (AvgIpc) is 3.15. The van der Waals surface area contributed by atoms with Gasteiger partial charge in [0.25, 0.3) is 0 Å². The number of nitrogens with one attached hydrogen (secondary N) is 2. The molecule has 2 unspecified atom stereocenters. The molecule has 1 heterocycles. The molecule has 5 nitrogen and oxygen atoms in total.